The van der Waals surface area contributed by atoms with Crippen LogP contribution < -0.4 is 5.32 Å². The first-order valence-corrected chi connectivity index (χ1v) is 39.4. The third-order valence-corrected chi connectivity index (χ3v) is 17.3. The van der Waals surface area contributed by atoms with Gasteiger partial charge >= 0.3 is 77.7 Å². The predicted molar refractivity (Wildman–Crippen MR) is 429 cm³/mol. The van der Waals surface area contributed by atoms with Crippen molar-refractivity contribution in [2.45, 2.75) is 135 Å². The van der Waals surface area contributed by atoms with Gasteiger partial charge in [-0.1, -0.05) is 62.4 Å². The number of rotatable bonds is 36. The Morgan fingerprint density at radius 3 is 1.46 bits per heavy atom. The Kier molecular flexibility index (Phi) is 54.6. The van der Waals surface area contributed by atoms with Gasteiger partial charge in [0.1, 0.15) is 128 Å². The maximum atomic E-state index is 15.2. The Bertz CT molecular complexity index is 3720. The van der Waals surface area contributed by atoms with Gasteiger partial charge in [-0.05, 0) is 70.4 Å². The Balaban J connectivity index is 0.00000224. The van der Waals surface area contributed by atoms with E-state index in [1.807, 2.05) is 0 Å². The number of cyclic esters (lactones) is 2. The maximum Gasteiger partial charge on any atom is 0.408 e. The summed E-state index contributed by atoms with van der Waals surface area (Å²) in [5.41, 5.74) is -8.95. The number of ether oxygens (including phenoxy) is 19. The highest BCUT2D eigenvalue weighted by Crippen LogP contribution is 2.64. The zero-order valence-corrected chi connectivity index (χ0v) is 74.4. The van der Waals surface area contributed by atoms with Crippen molar-refractivity contribution in [2.24, 2.45) is 16.7 Å². The van der Waals surface area contributed by atoms with E-state index in [9.17, 15) is 82.4 Å². The molecule has 0 aromatic heterocycles. The second-order valence-electron chi connectivity index (χ2n) is 27.8. The standard InChI is InChI=1S/C50H63NO19.C8H14O5.C7H12O6.C4H6O5.C4H4O4.C3H8O2.Cl2OS.HI/c1-27-31(66-44(59)39(67-35(55)25-63-24-34(54)64-21-20-62-9)37(29-16-12-10-13-17-29)51-45(60)70-46(3,4)5)23-50(61)42(68-43(58)30-18-14-11-15-19-30)40-48(8,41(57)38(56)36(27)47(50,6)7)32(53)22-33-49(40,26-65-33)69-28(2)52;1-7(9)5-12-6-8(10)13-4-3-11-2;1-11-2-3-13-7(10)5-12-4-6(8)9;5-3(6)1-9-2-4(7)8;5-3-1-7-2-4(6)8-3;1-5-3-2-4;1-4(2)3;/h10-19,31-33,37-40,42,53,56,61H,20-26H2,1-9H3,(H,51,60);3-6H2,1-2H3;2-5H2,1H3,(H,8,9);1-2H2,(H,5,6)(H,7,8);1-2H2;4H,2-3H2,1H3;;1H/t31-,32-,33+,37-,38+,39+,40?,42-,48+,49-,50+;;;;;;;/m0......./s1. The summed E-state index contributed by atoms with van der Waals surface area (Å²) in [6.45, 7) is 10.4. The van der Waals surface area contributed by atoms with E-state index in [1.165, 1.54) is 80.2 Å². The molecule has 1 amide bonds. The van der Waals surface area contributed by atoms with Gasteiger partial charge in [0, 0.05) is 75.0 Å². The molecule has 2 saturated heterocycles. The molecule has 2 aromatic rings. The lowest BCUT2D eigenvalue weighted by atomic mass is 9.44. The molecule has 2 aromatic carbocycles. The molecule has 2 heterocycles. The van der Waals surface area contributed by atoms with Gasteiger partial charge in [0.2, 0.25) is 15.3 Å². The van der Waals surface area contributed by atoms with Gasteiger partial charge in [0.15, 0.2) is 17.2 Å². The largest absolute Gasteiger partial charge is 0.480 e. The Hall–Kier alpha value is -8.47. The molecule has 4 fully saturated rings. The minimum absolute atomic E-state index is 0. The summed E-state index contributed by atoms with van der Waals surface area (Å²) in [5.74, 6) is -13.6. The van der Waals surface area contributed by atoms with E-state index in [2.05, 4.69) is 69.3 Å². The number of carbonyl (C=O) groups is 15. The molecule has 2 saturated carbocycles. The van der Waals surface area contributed by atoms with Crippen molar-refractivity contribution in [1.82, 2.24) is 5.32 Å². The monoisotopic (exact) mass is 1940 g/mol. The molecule has 0 spiro atoms. The van der Waals surface area contributed by atoms with Crippen LogP contribution in [0, 0.1) is 16.7 Å². The van der Waals surface area contributed by atoms with E-state index in [0.29, 0.717) is 19.8 Å². The fourth-order valence-corrected chi connectivity index (χ4v) is 12.1. The third kappa shape index (κ3) is 40.6. The number of alkyl carbamates (subject to hydrolysis) is 1. The van der Waals surface area contributed by atoms with E-state index in [-0.39, 0.29) is 131 Å². The van der Waals surface area contributed by atoms with Gasteiger partial charge in [0.25, 0.3) is 0 Å². The van der Waals surface area contributed by atoms with Crippen LogP contribution in [0.1, 0.15) is 97.1 Å². The molecular weight excluding hydrogens is 1830 g/mol. The lowest BCUT2D eigenvalue weighted by Crippen LogP contribution is -2.81. The van der Waals surface area contributed by atoms with Crippen LogP contribution in [0.4, 0.5) is 4.79 Å². The molecule has 2 aliphatic heterocycles. The van der Waals surface area contributed by atoms with Crippen molar-refractivity contribution in [1.29, 1.82) is 0 Å². The van der Waals surface area contributed by atoms with E-state index in [0.717, 1.165) is 6.92 Å². The van der Waals surface area contributed by atoms with E-state index < -0.39 is 208 Å². The number of fused-ring (bicyclic) bond motifs is 5. The number of carboxylic acids is 3. The highest BCUT2D eigenvalue weighted by Gasteiger charge is 2.78. The van der Waals surface area contributed by atoms with Crippen LogP contribution in [0.25, 0.3) is 0 Å². The van der Waals surface area contributed by atoms with Crippen molar-refractivity contribution in [2.75, 3.05) is 154 Å². The van der Waals surface area contributed by atoms with Crippen LogP contribution in [0.3, 0.4) is 0 Å². The van der Waals surface area contributed by atoms with E-state index in [4.69, 9.17) is 72.0 Å². The molecule has 1 unspecified atom stereocenters. The summed E-state index contributed by atoms with van der Waals surface area (Å²) in [7, 11) is 13.3. The third-order valence-electron chi connectivity index (χ3n) is 17.3. The molecule has 43 nitrogen and oxygen atoms in total. The Morgan fingerprint density at radius 1 is 0.634 bits per heavy atom. The SMILES string of the molecule is COCCO.COCCOC(=O)COCC(=O)O.COCCOC(=O)COCC(=O)O[C@@H](C(=O)O[C@H]1C[C@@]2(O)[C@@H](OC(=O)c3ccccc3)C3[C@](C)(C(=O)[C@H](O)C(=C1C)C2(C)C)[C@@H](O)C[C@H]1OC[C@@]31OC(C)=O)[C@@H](NC(=O)OC(C)(C)C)c1ccccc1.COCCOC(=O)COCC(C)=O.I.O=C(O)COCC(=O)O.O=C1COCC(=O)O1.O=S(Cl)Cl. The van der Waals surface area contributed by atoms with Crippen LogP contribution >= 0.6 is 45.3 Å². The number of amides is 1. The van der Waals surface area contributed by atoms with Gasteiger partial charge < -0.3 is 131 Å². The quantitative estimate of drug-likeness (QED) is 0.00914. The molecule has 0 radical (unpaired) electrons. The number of Topliss-reactive ketones (excluding diaryl/α,β-unsaturated/α-hetero) is 2. The van der Waals surface area contributed by atoms with E-state index >= 15 is 4.79 Å². The number of esters is 9. The second-order valence-corrected chi connectivity index (χ2v) is 30.3. The molecule has 696 valence electrons. The Morgan fingerprint density at radius 2 is 1.07 bits per heavy atom. The number of halogens is 3. The fourth-order valence-electron chi connectivity index (χ4n) is 12.1. The van der Waals surface area contributed by atoms with Crippen molar-refractivity contribution in [3.05, 3.63) is 82.9 Å². The number of ketones is 2. The first kappa shape index (κ1) is 115. The minimum Gasteiger partial charge on any atom is -0.480 e. The summed E-state index contributed by atoms with van der Waals surface area (Å²) < 4.78 is 105. The van der Waals surface area contributed by atoms with Gasteiger partial charge in [-0.2, -0.15) is 0 Å². The van der Waals surface area contributed by atoms with Crippen LogP contribution in [0.15, 0.2) is 71.8 Å². The summed E-state index contributed by atoms with van der Waals surface area (Å²) >= 11 is 0. The number of methoxy groups -OCH3 is 4. The van der Waals surface area contributed by atoms with Crippen molar-refractivity contribution in [3.63, 3.8) is 0 Å². The fraction of sp³-hybridized carbons (Fsp3) is 0.618. The number of benzene rings is 2. The molecule has 7 rings (SSSR count). The summed E-state index contributed by atoms with van der Waals surface area (Å²) in [6.07, 6.45) is -12.2. The molecular formula is C76H108Cl2INO42S. The van der Waals surface area contributed by atoms with E-state index in [1.54, 1.807) is 64.3 Å². The average molecular weight is 1940 g/mol. The number of nitrogens with one attached hydrogen (secondary N) is 1. The average Bonchev–Trinajstić information content (AvgIpc) is 0.669. The van der Waals surface area contributed by atoms with Gasteiger partial charge in [-0.3, -0.25) is 14.4 Å². The molecule has 123 heavy (non-hydrogen) atoms. The first-order chi connectivity index (χ1) is 57.2. The number of hydrogen-bond acceptors (Lipinski definition) is 39. The molecule has 8 N–H and O–H groups in total. The van der Waals surface area contributed by atoms with Gasteiger partial charge in [-0.15, -0.1) is 24.0 Å². The molecule has 3 aliphatic carbocycles. The second kappa shape index (κ2) is 58.7. The normalized spacial score (nSPS) is 21.6. The zero-order chi connectivity index (χ0) is 92.7. The lowest BCUT2D eigenvalue weighted by molar-refractivity contribution is -0.346. The summed E-state index contributed by atoms with van der Waals surface area (Å²) in [5, 5.41) is 72.6. The summed E-state index contributed by atoms with van der Waals surface area (Å²) in [4.78, 5) is 178. The lowest BCUT2D eigenvalue weighted by Gasteiger charge is -2.67. The number of aliphatic hydroxyl groups is 4. The summed E-state index contributed by atoms with van der Waals surface area (Å²) in [6, 6.07) is 14.1. The van der Waals surface area contributed by atoms with Crippen molar-refractivity contribution in [3.8, 4) is 0 Å². The topological polar surface area (TPSA) is 602 Å². The van der Waals surface area contributed by atoms with Crippen molar-refractivity contribution < 1.29 is 202 Å². The number of hydrogen-bond donors (Lipinski definition) is 8. The molecule has 2 bridgehead atoms. The number of carbonyl (C=O) groups excluding carboxylic acids is 12. The van der Waals surface area contributed by atoms with Crippen LogP contribution in [-0.4, -0.2) is 337 Å². The number of aliphatic carboxylic acids is 3. The first-order valence-electron chi connectivity index (χ1n) is 36.6. The van der Waals surface area contributed by atoms with Gasteiger partial charge in [0.05, 0.1) is 62.6 Å². The predicted octanol–water partition coefficient (Wildman–Crippen LogP) is 1.62. The van der Waals surface area contributed by atoms with Crippen LogP contribution in [0.5, 0.6) is 0 Å². The highest BCUT2D eigenvalue weighted by atomic mass is 127. The number of carboxylic acid groups (broad SMARTS) is 3. The Labute approximate surface area is 735 Å². The number of aliphatic hydroxyl groups excluding tert-OH is 3. The highest BCUT2D eigenvalue weighted by molar-refractivity contribution is 14.0. The zero-order valence-electron chi connectivity index (χ0n) is 69.7. The van der Waals surface area contributed by atoms with Crippen LogP contribution in [0.2, 0.25) is 0 Å². The smallest absolute Gasteiger partial charge is 0.408 e. The maximum absolute atomic E-state index is 15.2. The molecule has 47 heteroatoms. The van der Waals surface area contributed by atoms with Crippen LogP contribution in [-0.2, 0) is 162 Å². The minimum atomic E-state index is -2.47. The molecule has 5 aliphatic rings. The van der Waals surface area contributed by atoms with Crippen molar-refractivity contribution >= 4 is 144 Å². The molecule has 11 atom stereocenters. The van der Waals surface area contributed by atoms with Gasteiger partial charge in [-0.25, -0.2) is 61.7 Å².